The second-order valence-corrected chi connectivity index (χ2v) is 5.79. The maximum Gasteiger partial charge on any atom is 0.246 e. The molecule has 0 fully saturated rings. The van der Waals surface area contributed by atoms with Gasteiger partial charge in [0.15, 0.2) is 11.5 Å². The smallest absolute Gasteiger partial charge is 0.246 e. The highest BCUT2D eigenvalue weighted by Crippen LogP contribution is 2.40. The van der Waals surface area contributed by atoms with E-state index in [1.807, 2.05) is 32.0 Å². The quantitative estimate of drug-likeness (QED) is 0.904. The minimum Gasteiger partial charge on any atom is -0.449 e. The number of fused-ring (bicyclic) bond motifs is 1. The zero-order valence-corrected chi connectivity index (χ0v) is 12.8. The first-order valence-corrected chi connectivity index (χ1v) is 7.39. The molecule has 110 valence electrons. The Balaban J connectivity index is 1.66. The number of aryl methyl sites for hydroxylation is 1. The van der Waals surface area contributed by atoms with E-state index < -0.39 is 5.79 Å². The maximum absolute atomic E-state index is 5.76. The van der Waals surface area contributed by atoms with Crippen molar-refractivity contribution >= 4 is 5.69 Å². The molecule has 0 aliphatic carbocycles. The van der Waals surface area contributed by atoms with Gasteiger partial charge >= 0.3 is 0 Å². The third-order valence-corrected chi connectivity index (χ3v) is 3.58. The zero-order valence-electron chi connectivity index (χ0n) is 12.8. The molecule has 0 atom stereocenters. The summed E-state index contributed by atoms with van der Waals surface area (Å²) in [7, 11) is 0. The average molecular weight is 283 g/mol. The standard InChI is InChI=1S/C18H21NO2/c1-4-13-5-7-14(8-6-13)12-19-15-9-10-16-17(11-15)21-18(2,3)20-16/h5-11,19H,4,12H2,1-3H3. The number of hydrogen-bond donors (Lipinski definition) is 1. The highest BCUT2D eigenvalue weighted by Gasteiger charge is 2.31. The van der Waals surface area contributed by atoms with Crippen LogP contribution >= 0.6 is 0 Å². The molecule has 0 aromatic heterocycles. The number of anilines is 1. The van der Waals surface area contributed by atoms with Crippen molar-refractivity contribution in [2.75, 3.05) is 5.32 Å². The van der Waals surface area contributed by atoms with Gasteiger partial charge in [0.2, 0.25) is 5.79 Å². The molecule has 3 rings (SSSR count). The molecule has 21 heavy (non-hydrogen) atoms. The summed E-state index contributed by atoms with van der Waals surface area (Å²) in [4.78, 5) is 0. The Kier molecular flexibility index (Phi) is 3.50. The highest BCUT2D eigenvalue weighted by atomic mass is 16.7. The number of hydrogen-bond acceptors (Lipinski definition) is 3. The van der Waals surface area contributed by atoms with Crippen LogP contribution in [0, 0.1) is 0 Å². The van der Waals surface area contributed by atoms with Gasteiger partial charge in [-0.05, 0) is 29.7 Å². The van der Waals surface area contributed by atoms with Crippen LogP contribution in [0.5, 0.6) is 11.5 Å². The van der Waals surface area contributed by atoms with E-state index in [4.69, 9.17) is 9.47 Å². The Morgan fingerprint density at radius 1 is 0.905 bits per heavy atom. The molecular weight excluding hydrogens is 262 g/mol. The Hall–Kier alpha value is -2.16. The SMILES string of the molecule is CCc1ccc(CNc2ccc3c(c2)OC(C)(C)O3)cc1. The predicted octanol–water partition coefficient (Wildman–Crippen LogP) is 4.37. The zero-order chi connectivity index (χ0) is 14.9. The molecule has 1 N–H and O–H groups in total. The molecule has 2 aromatic rings. The van der Waals surface area contributed by atoms with Crippen molar-refractivity contribution < 1.29 is 9.47 Å². The van der Waals surface area contributed by atoms with E-state index in [0.29, 0.717) is 0 Å². The Labute approximate surface area is 125 Å². The number of rotatable bonds is 4. The van der Waals surface area contributed by atoms with Crippen LogP contribution in [0.1, 0.15) is 31.9 Å². The molecule has 0 saturated heterocycles. The van der Waals surface area contributed by atoms with E-state index in [2.05, 4.69) is 36.5 Å². The van der Waals surface area contributed by atoms with Crippen LogP contribution in [-0.2, 0) is 13.0 Å². The van der Waals surface area contributed by atoms with Gasteiger partial charge in [-0.2, -0.15) is 0 Å². The van der Waals surface area contributed by atoms with Gasteiger partial charge in [-0.3, -0.25) is 0 Å². The number of nitrogens with one attached hydrogen (secondary N) is 1. The van der Waals surface area contributed by atoms with Crippen LogP contribution in [0.25, 0.3) is 0 Å². The molecule has 0 saturated carbocycles. The molecule has 2 aromatic carbocycles. The number of ether oxygens (including phenoxy) is 2. The van der Waals surface area contributed by atoms with Crippen LogP contribution in [0.15, 0.2) is 42.5 Å². The molecule has 1 aliphatic rings. The molecule has 0 radical (unpaired) electrons. The van der Waals surface area contributed by atoms with Gasteiger partial charge in [-0.15, -0.1) is 0 Å². The van der Waals surface area contributed by atoms with Crippen LogP contribution < -0.4 is 14.8 Å². The van der Waals surface area contributed by atoms with Gasteiger partial charge in [0.25, 0.3) is 0 Å². The Morgan fingerprint density at radius 3 is 2.29 bits per heavy atom. The van der Waals surface area contributed by atoms with E-state index in [1.165, 1.54) is 11.1 Å². The van der Waals surface area contributed by atoms with Gasteiger partial charge in [0.05, 0.1) is 0 Å². The fraction of sp³-hybridized carbons (Fsp3) is 0.333. The molecule has 0 spiro atoms. The van der Waals surface area contributed by atoms with Gasteiger partial charge in [0.1, 0.15) is 0 Å². The van der Waals surface area contributed by atoms with E-state index in [-0.39, 0.29) is 0 Å². The first-order valence-electron chi connectivity index (χ1n) is 7.39. The summed E-state index contributed by atoms with van der Waals surface area (Å²) in [5.74, 6) is 1.03. The largest absolute Gasteiger partial charge is 0.449 e. The molecular formula is C18H21NO2. The highest BCUT2D eigenvalue weighted by molar-refractivity contribution is 5.56. The monoisotopic (exact) mass is 283 g/mol. The summed E-state index contributed by atoms with van der Waals surface area (Å²) >= 11 is 0. The minimum absolute atomic E-state index is 0.572. The fourth-order valence-corrected chi connectivity index (χ4v) is 2.43. The molecule has 3 nitrogen and oxygen atoms in total. The second-order valence-electron chi connectivity index (χ2n) is 5.79. The van der Waals surface area contributed by atoms with E-state index >= 15 is 0 Å². The van der Waals surface area contributed by atoms with Crippen molar-refractivity contribution in [3.05, 3.63) is 53.6 Å². The first kappa shape index (κ1) is 13.8. The lowest BCUT2D eigenvalue weighted by Crippen LogP contribution is -2.29. The van der Waals surface area contributed by atoms with Crippen molar-refractivity contribution in [3.63, 3.8) is 0 Å². The topological polar surface area (TPSA) is 30.5 Å². The Bertz CT molecular complexity index is 632. The van der Waals surface area contributed by atoms with Gasteiger partial charge < -0.3 is 14.8 Å². The fourth-order valence-electron chi connectivity index (χ4n) is 2.43. The third kappa shape index (κ3) is 3.13. The van der Waals surface area contributed by atoms with Crippen molar-refractivity contribution in [3.8, 4) is 11.5 Å². The summed E-state index contributed by atoms with van der Waals surface area (Å²) in [5.41, 5.74) is 3.67. The summed E-state index contributed by atoms with van der Waals surface area (Å²) in [6.07, 6.45) is 1.08. The molecule has 3 heteroatoms. The summed E-state index contributed by atoms with van der Waals surface area (Å²) < 4.78 is 11.4. The van der Waals surface area contributed by atoms with E-state index in [9.17, 15) is 0 Å². The second kappa shape index (κ2) is 5.32. The normalized spacial score (nSPS) is 15.0. The van der Waals surface area contributed by atoms with Gasteiger partial charge in [-0.25, -0.2) is 0 Å². The third-order valence-electron chi connectivity index (χ3n) is 3.58. The lowest BCUT2D eigenvalue weighted by Gasteiger charge is -2.16. The summed E-state index contributed by atoms with van der Waals surface area (Å²) in [6.45, 7) is 6.79. The van der Waals surface area contributed by atoms with Gasteiger partial charge in [0, 0.05) is 32.1 Å². The van der Waals surface area contributed by atoms with Crippen LogP contribution in [0.2, 0.25) is 0 Å². The summed E-state index contributed by atoms with van der Waals surface area (Å²) in [6, 6.07) is 14.7. The molecule has 0 bridgehead atoms. The van der Waals surface area contributed by atoms with Crippen molar-refractivity contribution in [1.29, 1.82) is 0 Å². The van der Waals surface area contributed by atoms with Crippen LogP contribution in [-0.4, -0.2) is 5.79 Å². The first-order chi connectivity index (χ1) is 10.1. The Morgan fingerprint density at radius 2 is 1.57 bits per heavy atom. The van der Waals surface area contributed by atoms with E-state index in [0.717, 1.165) is 30.2 Å². The van der Waals surface area contributed by atoms with Crippen molar-refractivity contribution in [1.82, 2.24) is 0 Å². The van der Waals surface area contributed by atoms with Crippen molar-refractivity contribution in [2.24, 2.45) is 0 Å². The van der Waals surface area contributed by atoms with E-state index in [1.54, 1.807) is 0 Å². The van der Waals surface area contributed by atoms with Crippen LogP contribution in [0.4, 0.5) is 5.69 Å². The number of benzene rings is 2. The van der Waals surface area contributed by atoms with Gasteiger partial charge in [-0.1, -0.05) is 31.2 Å². The molecule has 1 aliphatic heterocycles. The lowest BCUT2D eigenvalue weighted by molar-refractivity contribution is -0.0431. The summed E-state index contributed by atoms with van der Waals surface area (Å²) in [5, 5.41) is 3.42. The van der Waals surface area contributed by atoms with Crippen LogP contribution in [0.3, 0.4) is 0 Å². The minimum atomic E-state index is -0.572. The molecule has 0 unspecified atom stereocenters. The maximum atomic E-state index is 5.76. The predicted molar refractivity (Wildman–Crippen MR) is 84.9 cm³/mol. The average Bonchev–Trinajstić information content (AvgIpc) is 2.78. The lowest BCUT2D eigenvalue weighted by atomic mass is 10.1. The molecule has 0 amide bonds. The molecule has 1 heterocycles. The van der Waals surface area contributed by atoms with Crippen molar-refractivity contribution in [2.45, 2.75) is 39.5 Å².